The Balaban J connectivity index is 0.000000158. The lowest BCUT2D eigenvalue weighted by Gasteiger charge is -2.31. The summed E-state index contributed by atoms with van der Waals surface area (Å²) in [5.41, 5.74) is 7.92. The van der Waals surface area contributed by atoms with Crippen molar-refractivity contribution in [1.82, 2.24) is 49.3 Å². The highest BCUT2D eigenvalue weighted by Gasteiger charge is 2.49. The van der Waals surface area contributed by atoms with E-state index < -0.39 is 52.7 Å². The number of carbonyl (C=O) groups excluding carboxylic acids is 8. The number of halogens is 3. The smallest absolute Gasteiger partial charge is 0.412 e. The van der Waals surface area contributed by atoms with E-state index in [4.69, 9.17) is 64.4 Å². The standard InChI is InChI=1S/C34H34N4O9.C29H25N3O7.C22H20N2O5.C8H8ClNO.C5H10INO2.HI/c1-5-22-23-12-21(46-18-47-31(40)20-8-7-11-37(14-20)17-45-33(42)35-19(3)4)9-10-27(23)36-29-24(22)15-38-28(29)13-26-25(30(38)39)16-44-32(41)34(26,43)6-2;1-3-18-19-10-17(38-15-39-27(34)16-6-5-9-30-12-16)7-8-23(19)31-25-20(18)13-32-24(25)11-22-21(26(32)33)14-37-28(35)29(22,36)4-2;1-3-12-13-7-11(25)5-6-17(13)23-19-14(12)9-24-18(19)8-16-15(20(24)26)10-29-21(27)22(16,28)4-2;9-4-3-8(11)7-2-1-5-10-6-7;1-4(2)7-5(8)9-3-6;/h7-14,19,43H,5-6,15-18H2,1-4H3;5-12,36H,3-4,13-15H2,1-2H3;5-8,25,28H,3-4,9-10H2,1-2H3;1-2,5-6H,3-4H2;4H,3H2,1-2H3,(H,7,8);1H/t34-;29-;22-;;;/m000.../s1. The first-order chi connectivity index (χ1) is 64.8. The molecule has 6 aliphatic heterocycles. The molecule has 38 heteroatoms. The van der Waals surface area contributed by atoms with Crippen LogP contribution in [-0.4, -0.2) is 143 Å². The van der Waals surface area contributed by atoms with Crippen molar-refractivity contribution in [3.63, 3.8) is 0 Å². The molecule has 710 valence electrons. The number of ketones is 1. The van der Waals surface area contributed by atoms with E-state index >= 15 is 0 Å². The molecule has 9 aromatic heterocycles. The number of nitrogens with zero attached hydrogens (tertiary/aromatic N) is 9. The van der Waals surface area contributed by atoms with E-state index in [1.54, 1.807) is 150 Å². The van der Waals surface area contributed by atoms with Crippen LogP contribution >= 0.6 is 34.2 Å². The SMILES string of the molecule is CC(C)NC(=O)OCI.CCc1c2c(nc3ccc(O)cc13)-c1cc3c(c(=O)n1C2)COC(=O)[C@]3(O)CC.CCc1c2c(nc3ccc(OCOC(=O)c4ccc[n+](COC(=O)NC(C)C)c4)cc13)-c1cc3c(c(=O)n1C2)COC(=O)[C@]3(O)CC.CCc1c2c(nc3ccc(OCOC(=O)c4cccnc4)cc13)-c1cc3c(c(=O)n1C2)COC(=O)[C@]3(O)CC.O=C(CCCl)c1cccnc1.[I-]. The van der Waals surface area contributed by atoms with Crippen LogP contribution in [0.3, 0.4) is 0 Å². The molecule has 18 rings (SSSR count). The highest BCUT2D eigenvalue weighted by atomic mass is 127. The zero-order valence-corrected chi connectivity index (χ0v) is 80.9. The van der Waals surface area contributed by atoms with E-state index in [9.17, 15) is 73.2 Å². The monoisotopic (exact) mass is 2100 g/mol. The minimum absolute atomic E-state index is 0. The number of ether oxygens (including phenoxy) is 9. The van der Waals surface area contributed by atoms with Crippen LogP contribution in [0.25, 0.3) is 66.9 Å². The number of carbonyl (C=O) groups is 8. The van der Waals surface area contributed by atoms with Crippen LogP contribution in [0.1, 0.15) is 193 Å². The fourth-order valence-electron chi connectivity index (χ4n) is 17.0. The average molecular weight is 2100 g/mol. The number of rotatable bonds is 22. The lowest BCUT2D eigenvalue weighted by molar-refractivity contribution is -0.727. The summed E-state index contributed by atoms with van der Waals surface area (Å²) in [5, 5.41) is 50.8. The van der Waals surface area contributed by atoms with Crippen molar-refractivity contribution in [3.8, 4) is 51.4 Å². The van der Waals surface area contributed by atoms with Crippen LogP contribution in [0.2, 0.25) is 0 Å². The first-order valence-electron chi connectivity index (χ1n) is 43.8. The number of cyclic esters (lactones) is 3. The Bertz CT molecular complexity index is 6920. The number of aryl methyl sites for hydroxylation is 3. The maximum Gasteiger partial charge on any atom is 0.412 e. The third-order valence-electron chi connectivity index (χ3n) is 23.9. The number of Topliss-reactive ketones (excluding diaryl/α,β-unsaturated/α-hetero) is 1. The third-order valence-corrected chi connectivity index (χ3v) is 24.4. The van der Waals surface area contributed by atoms with Crippen LogP contribution in [0.4, 0.5) is 9.59 Å². The molecule has 2 amide bonds. The Morgan fingerprint density at radius 3 is 1.26 bits per heavy atom. The number of phenols is 1. The van der Waals surface area contributed by atoms with Crippen molar-refractivity contribution in [2.75, 3.05) is 24.1 Å². The van der Waals surface area contributed by atoms with Crippen molar-refractivity contribution >= 4 is 115 Å². The van der Waals surface area contributed by atoms with Gasteiger partial charge in [0.1, 0.15) is 47.2 Å². The number of fused-ring (bicyclic) bond motifs is 15. The Hall–Kier alpha value is -13.2. The van der Waals surface area contributed by atoms with Crippen LogP contribution in [0.5, 0.6) is 17.2 Å². The molecule has 12 aromatic rings. The van der Waals surface area contributed by atoms with E-state index in [-0.39, 0.29) is 164 Å². The minimum atomic E-state index is -1.90. The van der Waals surface area contributed by atoms with Gasteiger partial charge in [0.15, 0.2) is 35.0 Å². The molecule has 0 spiro atoms. The van der Waals surface area contributed by atoms with E-state index in [0.29, 0.717) is 128 Å². The van der Waals surface area contributed by atoms with Gasteiger partial charge in [0.25, 0.3) is 23.4 Å². The number of hydrogen-bond donors (Lipinski definition) is 6. The Kier molecular flexibility index (Phi) is 31.5. The number of amides is 2. The van der Waals surface area contributed by atoms with Crippen LogP contribution in [0.15, 0.2) is 161 Å². The number of phenolic OH excluding ortho intramolecular Hbond substituents is 1. The van der Waals surface area contributed by atoms with Crippen molar-refractivity contribution in [2.45, 2.75) is 189 Å². The quantitative estimate of drug-likeness (QED) is 0.00700. The van der Waals surface area contributed by atoms with Crippen LogP contribution < -0.4 is 65.3 Å². The van der Waals surface area contributed by atoms with Gasteiger partial charge in [0, 0.05) is 110 Å². The van der Waals surface area contributed by atoms with Gasteiger partial charge in [-0.25, -0.2) is 48.5 Å². The second kappa shape index (κ2) is 42.8. The molecule has 136 heavy (non-hydrogen) atoms. The van der Waals surface area contributed by atoms with E-state index in [2.05, 4.69) is 25.3 Å². The fraction of sp³-hybridized carbons (Fsp3) is 0.337. The summed E-state index contributed by atoms with van der Waals surface area (Å²) >= 11 is 7.37. The van der Waals surface area contributed by atoms with Gasteiger partial charge in [-0.3, -0.25) is 29.1 Å². The van der Waals surface area contributed by atoms with Crippen molar-refractivity contribution in [2.24, 2.45) is 0 Å². The summed E-state index contributed by atoms with van der Waals surface area (Å²) in [6, 6.07) is 30.9. The normalized spacial score (nSPS) is 16.1. The van der Waals surface area contributed by atoms with Gasteiger partial charge in [-0.05, 0) is 209 Å². The second-order valence-corrected chi connectivity index (χ2v) is 33.7. The lowest BCUT2D eigenvalue weighted by Crippen LogP contribution is -3.00. The number of nitrogens with one attached hydrogen (secondary N) is 2. The van der Waals surface area contributed by atoms with E-state index in [0.717, 1.165) is 55.1 Å². The van der Waals surface area contributed by atoms with E-state index in [1.165, 1.54) is 17.0 Å². The van der Waals surface area contributed by atoms with Gasteiger partial charge >= 0.3 is 42.0 Å². The second-order valence-electron chi connectivity index (χ2n) is 32.7. The van der Waals surface area contributed by atoms with Gasteiger partial charge in [-0.1, -0.05) is 41.5 Å². The fourth-order valence-corrected chi connectivity index (χ4v) is 17.4. The number of alkyl halides is 2. The number of hydrogen-bond acceptors (Lipinski definition) is 29. The summed E-state index contributed by atoms with van der Waals surface area (Å²) in [6.07, 6.45) is 11.1. The number of benzene rings is 3. The van der Waals surface area contributed by atoms with Gasteiger partial charge in [-0.2, -0.15) is 4.57 Å². The van der Waals surface area contributed by atoms with Crippen molar-refractivity contribution in [1.29, 1.82) is 0 Å². The zero-order valence-electron chi connectivity index (χ0n) is 75.9. The predicted octanol–water partition coefficient (Wildman–Crippen LogP) is 9.20. The highest BCUT2D eigenvalue weighted by molar-refractivity contribution is 14.1. The largest absolute Gasteiger partial charge is 1.00 e. The zero-order chi connectivity index (χ0) is 96.6. The van der Waals surface area contributed by atoms with Gasteiger partial charge in [0.2, 0.25) is 13.6 Å². The molecular formula is C98H98ClI2N11O24. The number of alkyl carbamates (subject to hydrolysis) is 2. The summed E-state index contributed by atoms with van der Waals surface area (Å²) in [7, 11) is 0. The molecular weight excluding hydrogens is 2000 g/mol. The number of pyridine rings is 9. The van der Waals surface area contributed by atoms with Gasteiger partial charge in [-0.15, -0.1) is 11.6 Å². The highest BCUT2D eigenvalue weighted by Crippen LogP contribution is 2.46. The Morgan fingerprint density at radius 1 is 0.500 bits per heavy atom. The molecule has 0 fully saturated rings. The number of aromatic nitrogens is 9. The third kappa shape index (κ3) is 20.2. The molecule has 35 nitrogen and oxygen atoms in total. The first-order valence-corrected chi connectivity index (χ1v) is 45.8. The summed E-state index contributed by atoms with van der Waals surface area (Å²) in [6.45, 7) is 18.2. The summed E-state index contributed by atoms with van der Waals surface area (Å²) in [4.78, 5) is 158. The molecule has 0 radical (unpaired) electrons. The molecule has 0 unspecified atom stereocenters. The van der Waals surface area contributed by atoms with Crippen molar-refractivity contribution < 1.29 is 130 Å². The molecule has 6 aliphatic rings. The Morgan fingerprint density at radius 2 is 0.882 bits per heavy atom. The van der Waals surface area contributed by atoms with Crippen molar-refractivity contribution in [3.05, 3.63) is 261 Å². The molecule has 0 aliphatic carbocycles. The molecule has 15 heterocycles. The molecule has 3 aromatic carbocycles. The first kappa shape index (κ1) is 100. The van der Waals surface area contributed by atoms with Crippen LogP contribution in [-0.2, 0) is 130 Å². The maximum absolute atomic E-state index is 13.6. The number of aliphatic hydroxyl groups is 3. The van der Waals surface area contributed by atoms with Gasteiger partial charge < -0.3 is 111 Å². The molecule has 6 N–H and O–H groups in total. The minimum Gasteiger partial charge on any atom is -1.00 e. The number of aromatic hydroxyl groups is 1. The topological polar surface area (TPSA) is 459 Å². The van der Waals surface area contributed by atoms with E-state index in [1.807, 2.05) is 89.3 Å². The molecule has 3 atom stereocenters. The lowest BCUT2D eigenvalue weighted by atomic mass is 9.86. The Labute approximate surface area is 813 Å². The molecule has 0 saturated carbocycles. The molecule has 0 saturated heterocycles. The van der Waals surface area contributed by atoms with Gasteiger partial charge in [0.05, 0.1) is 92.6 Å². The summed E-state index contributed by atoms with van der Waals surface area (Å²) in [5.74, 6) is -1.85. The number of esters is 5. The predicted molar refractivity (Wildman–Crippen MR) is 498 cm³/mol. The maximum atomic E-state index is 13.6. The summed E-state index contributed by atoms with van der Waals surface area (Å²) < 4.78 is 54.0. The molecule has 0 bridgehead atoms. The van der Waals surface area contributed by atoms with Crippen LogP contribution in [0, 0.1) is 0 Å². The average Bonchev–Trinajstić information content (AvgIpc) is 1.46.